The summed E-state index contributed by atoms with van der Waals surface area (Å²) in [6.45, 7) is 4.41. The lowest BCUT2D eigenvalue weighted by atomic mass is 9.83. The van der Waals surface area contributed by atoms with Crippen LogP contribution in [0.25, 0.3) is 0 Å². The first-order valence-electron chi connectivity index (χ1n) is 13.6. The highest BCUT2D eigenvalue weighted by molar-refractivity contribution is 6.19. The van der Waals surface area contributed by atoms with Crippen molar-refractivity contribution in [3.8, 4) is 0 Å². The first kappa shape index (κ1) is 33.6. The normalized spacial score (nSPS) is 17.1. The maximum absolute atomic E-state index is 13.6. The molecule has 3 rings (SSSR count). The number of alkyl halides is 6. The second-order valence-electron chi connectivity index (χ2n) is 11.2. The van der Waals surface area contributed by atoms with E-state index in [1.54, 1.807) is 54.6 Å². The molecule has 13 heteroatoms. The number of hydrogen-bond acceptors (Lipinski definition) is 5. The van der Waals surface area contributed by atoms with Gasteiger partial charge in [0.05, 0.1) is 23.2 Å². The molecule has 0 spiro atoms. The third kappa shape index (κ3) is 10.4. The number of benzodiazepines with no additional fused rings is 1. The molecule has 234 valence electrons. The fraction of sp³-hybridized carbons (Fsp3) is 0.467. The molecule has 3 unspecified atom stereocenters. The topological polar surface area (TPSA) is 96.9 Å². The zero-order valence-corrected chi connectivity index (χ0v) is 23.8. The van der Waals surface area contributed by atoms with Crippen LogP contribution >= 0.6 is 0 Å². The minimum absolute atomic E-state index is 0.314. The van der Waals surface area contributed by atoms with Crippen molar-refractivity contribution in [1.82, 2.24) is 5.32 Å². The van der Waals surface area contributed by atoms with Crippen LogP contribution in [0.5, 0.6) is 0 Å². The summed E-state index contributed by atoms with van der Waals surface area (Å²) in [5.41, 5.74) is 0.656. The van der Waals surface area contributed by atoms with Crippen molar-refractivity contribution in [2.75, 3.05) is 5.32 Å². The third-order valence-electron chi connectivity index (χ3n) is 6.52. The van der Waals surface area contributed by atoms with Crippen molar-refractivity contribution in [3.63, 3.8) is 0 Å². The highest BCUT2D eigenvalue weighted by Crippen LogP contribution is 2.34. The van der Waals surface area contributed by atoms with Crippen LogP contribution in [-0.2, 0) is 19.1 Å². The molecule has 0 aromatic heterocycles. The van der Waals surface area contributed by atoms with Gasteiger partial charge in [0.2, 0.25) is 12.1 Å². The summed E-state index contributed by atoms with van der Waals surface area (Å²) < 4.78 is 83.9. The van der Waals surface area contributed by atoms with Crippen molar-refractivity contribution in [2.45, 2.75) is 77.0 Å². The van der Waals surface area contributed by atoms with Crippen molar-refractivity contribution in [2.24, 2.45) is 16.8 Å². The van der Waals surface area contributed by atoms with Crippen molar-refractivity contribution in [1.29, 1.82) is 0 Å². The lowest BCUT2D eigenvalue weighted by molar-refractivity contribution is -0.168. The number of para-hydroxylation sites is 1. The molecule has 43 heavy (non-hydrogen) atoms. The SMILES string of the molecule is CC(C)(C)OC(=O)C(CCC(F)(F)F)C(CCCC(F)(F)F)C(=O)NC1N=C(c2ccccc2)c2ccccc2NC1=O. The minimum Gasteiger partial charge on any atom is -0.460 e. The minimum atomic E-state index is -4.71. The van der Waals surface area contributed by atoms with E-state index in [1.165, 1.54) is 20.8 Å². The van der Waals surface area contributed by atoms with Crippen LogP contribution in [-0.4, -0.2) is 47.6 Å². The van der Waals surface area contributed by atoms with E-state index in [4.69, 9.17) is 4.74 Å². The number of esters is 1. The number of ether oxygens (including phenoxy) is 1. The average Bonchev–Trinajstić information content (AvgIpc) is 3.02. The van der Waals surface area contributed by atoms with Gasteiger partial charge in [-0.25, -0.2) is 4.99 Å². The molecule has 0 fully saturated rings. The van der Waals surface area contributed by atoms with Crippen molar-refractivity contribution in [3.05, 3.63) is 65.7 Å². The van der Waals surface area contributed by atoms with Crippen LogP contribution in [0.2, 0.25) is 0 Å². The van der Waals surface area contributed by atoms with Gasteiger partial charge in [0.15, 0.2) is 0 Å². The number of amides is 2. The molecule has 7 nitrogen and oxygen atoms in total. The van der Waals surface area contributed by atoms with Gasteiger partial charge in [-0.05, 0) is 46.1 Å². The van der Waals surface area contributed by atoms with Gasteiger partial charge in [-0.2, -0.15) is 26.3 Å². The Balaban J connectivity index is 2.00. The highest BCUT2D eigenvalue weighted by Gasteiger charge is 2.41. The molecule has 3 atom stereocenters. The fourth-order valence-electron chi connectivity index (χ4n) is 4.64. The van der Waals surface area contributed by atoms with Gasteiger partial charge in [0.25, 0.3) is 5.91 Å². The summed E-state index contributed by atoms with van der Waals surface area (Å²) in [6.07, 6.45) is -15.9. The second kappa shape index (κ2) is 13.6. The number of halogens is 6. The van der Waals surface area contributed by atoms with Gasteiger partial charge < -0.3 is 15.4 Å². The summed E-state index contributed by atoms with van der Waals surface area (Å²) in [5, 5.41) is 5.03. The van der Waals surface area contributed by atoms with E-state index < -0.39 is 85.8 Å². The van der Waals surface area contributed by atoms with E-state index in [1.807, 2.05) is 0 Å². The van der Waals surface area contributed by atoms with Crippen LogP contribution in [0.1, 0.15) is 64.0 Å². The number of benzene rings is 2. The van der Waals surface area contributed by atoms with E-state index in [0.717, 1.165) is 0 Å². The number of anilines is 1. The van der Waals surface area contributed by atoms with Gasteiger partial charge in [-0.15, -0.1) is 0 Å². The van der Waals surface area contributed by atoms with E-state index in [0.29, 0.717) is 22.5 Å². The van der Waals surface area contributed by atoms with Crippen LogP contribution < -0.4 is 10.6 Å². The van der Waals surface area contributed by atoms with Crippen LogP contribution in [0.4, 0.5) is 32.0 Å². The van der Waals surface area contributed by atoms with Gasteiger partial charge in [-0.1, -0.05) is 48.5 Å². The molecular weight excluding hydrogens is 580 g/mol. The lowest BCUT2D eigenvalue weighted by Gasteiger charge is -2.29. The summed E-state index contributed by atoms with van der Waals surface area (Å²) in [4.78, 5) is 44.4. The monoisotopic (exact) mass is 613 g/mol. The molecule has 1 aliphatic rings. The Bertz CT molecular complexity index is 1320. The number of aliphatic imine (C=N–C) groups is 1. The first-order chi connectivity index (χ1) is 19.9. The van der Waals surface area contributed by atoms with Crippen molar-refractivity contribution >= 4 is 29.2 Å². The Kier molecular flexibility index (Phi) is 10.6. The fourth-order valence-corrected chi connectivity index (χ4v) is 4.64. The number of nitrogens with zero attached hydrogens (tertiary/aromatic N) is 1. The molecule has 2 aromatic rings. The molecule has 0 bridgehead atoms. The molecule has 0 radical (unpaired) electrons. The van der Waals surface area contributed by atoms with Crippen LogP contribution in [0.15, 0.2) is 59.6 Å². The quantitative estimate of drug-likeness (QED) is 0.234. The summed E-state index contributed by atoms with van der Waals surface area (Å²) in [5.74, 6) is -6.45. The van der Waals surface area contributed by atoms with Crippen molar-refractivity contribution < 1.29 is 45.5 Å². The molecule has 0 saturated heterocycles. The molecule has 2 amide bonds. The molecular formula is C30H33F6N3O4. The van der Waals surface area contributed by atoms with E-state index in [-0.39, 0.29) is 0 Å². The summed E-state index contributed by atoms with van der Waals surface area (Å²) in [7, 11) is 0. The maximum atomic E-state index is 13.6. The van der Waals surface area contributed by atoms with Gasteiger partial charge >= 0.3 is 18.3 Å². The average molecular weight is 614 g/mol. The maximum Gasteiger partial charge on any atom is 0.389 e. The van der Waals surface area contributed by atoms with Gasteiger partial charge in [0.1, 0.15) is 5.60 Å². The largest absolute Gasteiger partial charge is 0.460 e. The van der Waals surface area contributed by atoms with Gasteiger partial charge in [0, 0.05) is 24.0 Å². The number of carbonyl (C=O) groups is 3. The number of carbonyl (C=O) groups excluding carboxylic acids is 3. The Hall–Kier alpha value is -3.90. The number of rotatable bonds is 10. The Morgan fingerprint density at radius 2 is 1.49 bits per heavy atom. The molecule has 1 aliphatic heterocycles. The standard InChI is InChI=1S/C30H33F6N3O4/c1-28(2,3)43-27(42)20(15-17-30(34,35)36)19(13-9-16-29(31,32)33)25(40)39-24-26(41)37-22-14-8-7-12-21(22)23(38-24)18-10-5-4-6-11-18/h4-8,10-12,14,19-20,24H,9,13,15-17H2,1-3H3,(H,37,41)(H,39,40). The zero-order chi connectivity index (χ0) is 32.0. The zero-order valence-electron chi connectivity index (χ0n) is 23.8. The number of hydrogen-bond donors (Lipinski definition) is 2. The van der Waals surface area contributed by atoms with E-state index in [9.17, 15) is 40.7 Å². The molecule has 2 aromatic carbocycles. The Labute approximate surface area is 245 Å². The smallest absolute Gasteiger partial charge is 0.389 e. The molecule has 0 aliphatic carbocycles. The van der Waals surface area contributed by atoms with Gasteiger partial charge in [-0.3, -0.25) is 14.4 Å². The molecule has 1 heterocycles. The summed E-state index contributed by atoms with van der Waals surface area (Å²) in [6, 6.07) is 15.4. The Morgan fingerprint density at radius 1 is 0.884 bits per heavy atom. The molecule has 2 N–H and O–H groups in total. The predicted octanol–water partition coefficient (Wildman–Crippen LogP) is 6.57. The number of fused-ring (bicyclic) bond motifs is 1. The lowest BCUT2D eigenvalue weighted by Crippen LogP contribution is -2.48. The molecule has 0 saturated carbocycles. The predicted molar refractivity (Wildman–Crippen MR) is 147 cm³/mol. The highest BCUT2D eigenvalue weighted by atomic mass is 19.4. The van der Waals surface area contributed by atoms with E-state index in [2.05, 4.69) is 15.6 Å². The van der Waals surface area contributed by atoms with Crippen LogP contribution in [0, 0.1) is 11.8 Å². The summed E-state index contributed by atoms with van der Waals surface area (Å²) >= 11 is 0. The number of nitrogens with one attached hydrogen (secondary N) is 2. The third-order valence-corrected chi connectivity index (χ3v) is 6.52. The van der Waals surface area contributed by atoms with Crippen LogP contribution in [0.3, 0.4) is 0 Å². The Morgan fingerprint density at radius 3 is 2.09 bits per heavy atom. The van der Waals surface area contributed by atoms with E-state index >= 15 is 0 Å². The first-order valence-corrected chi connectivity index (χ1v) is 13.6. The second-order valence-corrected chi connectivity index (χ2v) is 11.2.